The Balaban J connectivity index is 1.26. The van der Waals surface area contributed by atoms with Crippen LogP contribution in [0.4, 0.5) is 17.1 Å². The van der Waals surface area contributed by atoms with Gasteiger partial charge in [0.1, 0.15) is 17.2 Å². The quantitative estimate of drug-likeness (QED) is 0.161. The number of anilines is 3. The number of hydrogen-bond donors (Lipinski definition) is 0. The molecule has 6 bridgehead atoms. The van der Waals surface area contributed by atoms with E-state index in [1.54, 1.807) is 20.8 Å². The van der Waals surface area contributed by atoms with Crippen LogP contribution in [0.15, 0.2) is 113 Å². The van der Waals surface area contributed by atoms with E-state index in [9.17, 15) is 16.4 Å². The number of benzene rings is 5. The van der Waals surface area contributed by atoms with E-state index in [0.29, 0.717) is 54.1 Å². The lowest BCUT2D eigenvalue weighted by atomic mass is 9.35. The summed E-state index contributed by atoms with van der Waals surface area (Å²) >= 11 is 0. The first-order valence-electron chi connectivity index (χ1n) is 31.6. The fourth-order valence-electron chi connectivity index (χ4n) is 13.4. The van der Waals surface area contributed by atoms with Crippen LogP contribution in [0.3, 0.4) is 0 Å². The molecule has 7 aliphatic carbocycles. The molecule has 1 aromatic heterocycles. The van der Waals surface area contributed by atoms with Gasteiger partial charge in [-0.25, -0.2) is 0 Å². The Kier molecular flexibility index (Phi) is 5.09. The molecule has 0 N–H and O–H groups in total. The fraction of sp³-hybridized carbons (Fsp3) is 0.424. The number of nitrogens with zero attached hydrogens (tertiary/aromatic N) is 1. The van der Waals surface area contributed by atoms with Gasteiger partial charge in [0.2, 0.25) is 0 Å². The second-order valence-corrected chi connectivity index (χ2v) is 22.3. The maximum Gasteiger partial charge on any atom is 0.301 e. The van der Waals surface area contributed by atoms with Crippen LogP contribution in [0, 0.1) is 17.8 Å². The highest BCUT2D eigenvalue weighted by Gasteiger charge is 2.57. The monoisotopic (exact) mass is 845 g/mol. The van der Waals surface area contributed by atoms with Crippen molar-refractivity contribution in [1.29, 1.82) is 0 Å². The minimum Gasteiger partial charge on any atom is -0.470 e. The van der Waals surface area contributed by atoms with Gasteiger partial charge in [0.25, 0.3) is 0 Å². The van der Waals surface area contributed by atoms with Crippen LogP contribution in [0.25, 0.3) is 11.1 Å². The van der Waals surface area contributed by atoms with Gasteiger partial charge in [0.05, 0.1) is 29.0 Å². The molecule has 3 nitrogen and oxygen atoms in total. The Morgan fingerprint density at radius 3 is 2.02 bits per heavy atom. The number of furan rings is 1. The van der Waals surface area contributed by atoms with Crippen molar-refractivity contribution in [2.24, 2.45) is 17.8 Å². The van der Waals surface area contributed by atoms with Crippen molar-refractivity contribution in [3.8, 4) is 22.6 Å². The van der Waals surface area contributed by atoms with Gasteiger partial charge in [-0.05, 0) is 162 Å². The van der Waals surface area contributed by atoms with Crippen LogP contribution in [0.2, 0.25) is 0 Å². The summed E-state index contributed by atoms with van der Waals surface area (Å²) in [6.07, 6.45) is 8.50. The van der Waals surface area contributed by atoms with Crippen molar-refractivity contribution in [3.63, 3.8) is 0 Å². The van der Waals surface area contributed by atoms with Gasteiger partial charge >= 0.3 is 6.71 Å². The molecule has 0 amide bonds. The maximum atomic E-state index is 11.0. The smallest absolute Gasteiger partial charge is 0.301 e. The molecule has 5 aromatic carbocycles. The average molecular weight is 845 g/mol. The highest BCUT2D eigenvalue weighted by atomic mass is 16.5. The third kappa shape index (κ3) is 5.45. The normalized spacial score (nSPS) is 32.1. The van der Waals surface area contributed by atoms with Crippen molar-refractivity contribution in [2.45, 2.75) is 140 Å². The van der Waals surface area contributed by atoms with Crippen molar-refractivity contribution in [2.75, 3.05) is 4.90 Å². The molecule has 0 spiro atoms. The van der Waals surface area contributed by atoms with Gasteiger partial charge in [-0.3, -0.25) is 0 Å². The molecule has 5 saturated carbocycles. The third-order valence-electron chi connectivity index (χ3n) is 16.7. The van der Waals surface area contributed by atoms with E-state index < -0.39 is 124 Å². The van der Waals surface area contributed by atoms with Gasteiger partial charge in [0.15, 0.2) is 5.75 Å². The van der Waals surface area contributed by atoms with Crippen molar-refractivity contribution in [3.05, 3.63) is 142 Å². The minimum atomic E-state index is -1.83. The summed E-state index contributed by atoms with van der Waals surface area (Å²) in [5, 5.41) is 0. The number of rotatable bonds is 5. The van der Waals surface area contributed by atoms with Crippen LogP contribution < -0.4 is 26.2 Å². The second kappa shape index (κ2) is 12.9. The van der Waals surface area contributed by atoms with Gasteiger partial charge in [-0.15, -0.1) is 0 Å². The highest BCUT2D eigenvalue weighted by molar-refractivity contribution is 6.98. The SMILES string of the molecule is [2H]c1cc([2H])c([2H])c(-c2c([2H])c(C(C)(C)C)c([2H])c([2H])c2N2c3c([2H])c(C(C)(C)c4c([2H])c([2H])c([2H])c([2H])c4[2H])c([2H])c([2H])c3B3c4oc5c(c4Oc4c([2H])c(C67CC8CC(CC(C8)C6)C7)c([2H])c2c43)C2(C)CCC5(C)CC2)c1[2H]. The molecule has 3 heterocycles. The summed E-state index contributed by atoms with van der Waals surface area (Å²) in [4.78, 5) is 1.38. The Morgan fingerprint density at radius 1 is 0.667 bits per heavy atom. The lowest BCUT2D eigenvalue weighted by Gasteiger charge is -2.57. The molecular formula is C59H62BNO2. The molecular weight excluding hydrogens is 765 g/mol. The third-order valence-corrected chi connectivity index (χ3v) is 16.7. The topological polar surface area (TPSA) is 25.6 Å². The zero-order chi connectivity index (χ0) is 57.6. The molecule has 6 aromatic rings. The highest BCUT2D eigenvalue weighted by Crippen LogP contribution is 2.63. The van der Waals surface area contributed by atoms with Gasteiger partial charge in [-0.2, -0.15) is 0 Å². The Labute approximate surface area is 399 Å². The average Bonchev–Trinajstić information content (AvgIpc) is 3.99. The van der Waals surface area contributed by atoms with Crippen LogP contribution >= 0.6 is 0 Å². The summed E-state index contributed by atoms with van der Waals surface area (Å²) in [7, 11) is 0. The zero-order valence-corrected chi connectivity index (χ0v) is 37.2. The van der Waals surface area contributed by atoms with Crippen LogP contribution in [-0.4, -0.2) is 6.71 Å². The first-order valence-corrected chi connectivity index (χ1v) is 23.1. The van der Waals surface area contributed by atoms with E-state index in [1.165, 1.54) is 18.7 Å². The standard InChI is InChI=1S/C59H62BNO2/c1-55(2,3)41-19-21-46(44(29-41)39-14-10-8-11-15-39)61-47-30-42(56(4,5)40-16-12-9-13-17-40)18-20-45(47)60-51-48(61)31-43(59-33-36-26-37(34-59)28-38(27-36)35-59)32-49(51)62-52-50-53(63-54(52)60)58(7)24-22-57(50,6)23-25-58/h8-21,29-32,36-38H,22-28,33-35H2,1-7H3/i9D,10D,11D,12D,13D,14D,15D,16D,17D,18D,19D,20D,21D,29D,30D,31D,32D. The number of ether oxygens (including phenoxy) is 1. The van der Waals surface area contributed by atoms with Gasteiger partial charge < -0.3 is 14.1 Å². The van der Waals surface area contributed by atoms with Crippen molar-refractivity contribution < 1.29 is 32.5 Å². The molecule has 4 heteroatoms. The van der Waals surface area contributed by atoms with E-state index in [2.05, 4.69) is 13.8 Å². The summed E-state index contributed by atoms with van der Waals surface area (Å²) in [5.41, 5.74) is -4.49. The molecule has 0 radical (unpaired) electrons. The van der Waals surface area contributed by atoms with E-state index in [4.69, 9.17) is 16.0 Å². The molecule has 5 fully saturated rings. The van der Waals surface area contributed by atoms with Crippen LogP contribution in [0.5, 0.6) is 11.5 Å². The summed E-state index contributed by atoms with van der Waals surface area (Å²) in [6.45, 7) is 11.4. The Hall–Kier alpha value is -4.96. The van der Waals surface area contributed by atoms with E-state index in [-0.39, 0.29) is 79.3 Å². The first kappa shape index (κ1) is 24.9. The summed E-state index contributed by atoms with van der Waals surface area (Å²) in [6, 6.07) is -7.18. The Morgan fingerprint density at radius 2 is 1.33 bits per heavy atom. The largest absolute Gasteiger partial charge is 0.470 e. The lowest BCUT2D eigenvalue weighted by Crippen LogP contribution is -2.59. The zero-order valence-electron chi connectivity index (χ0n) is 54.2. The lowest BCUT2D eigenvalue weighted by molar-refractivity contribution is -0.00522. The van der Waals surface area contributed by atoms with E-state index >= 15 is 0 Å². The molecule has 63 heavy (non-hydrogen) atoms. The molecule has 0 unspecified atom stereocenters. The van der Waals surface area contributed by atoms with Crippen molar-refractivity contribution in [1.82, 2.24) is 0 Å². The van der Waals surface area contributed by atoms with Gasteiger partial charge in [-0.1, -0.05) is 127 Å². The first-order chi connectivity index (χ1) is 37.3. The molecule has 15 rings (SSSR count). The molecule has 0 saturated heterocycles. The molecule has 9 aliphatic rings. The number of fused-ring (bicyclic) bond motifs is 6. The predicted octanol–water partition coefficient (Wildman–Crippen LogP) is 13.5. The molecule has 2 aliphatic heterocycles. The number of hydrogen-bond acceptors (Lipinski definition) is 3. The van der Waals surface area contributed by atoms with Crippen LogP contribution in [0.1, 0.15) is 170 Å². The Bertz CT molecular complexity index is 3760. The summed E-state index contributed by atoms with van der Waals surface area (Å²) < 4.78 is 180. The molecule has 0 atom stereocenters. The van der Waals surface area contributed by atoms with Crippen LogP contribution in [-0.2, 0) is 27.1 Å². The van der Waals surface area contributed by atoms with E-state index in [1.807, 2.05) is 0 Å². The van der Waals surface area contributed by atoms with Crippen molar-refractivity contribution >= 4 is 40.4 Å². The second-order valence-electron chi connectivity index (χ2n) is 22.3. The minimum absolute atomic E-state index is 0.0101. The molecule has 318 valence electrons. The maximum absolute atomic E-state index is 11.0. The van der Waals surface area contributed by atoms with Gasteiger partial charge in [0, 0.05) is 38.8 Å². The summed E-state index contributed by atoms with van der Waals surface area (Å²) in [5.74, 6) is 2.18. The van der Waals surface area contributed by atoms with E-state index in [0.717, 1.165) is 56.6 Å². The predicted molar refractivity (Wildman–Crippen MR) is 260 cm³/mol. The fourth-order valence-corrected chi connectivity index (χ4v) is 13.4.